The molecular formula is C20H21F2N3O. The van der Waals surface area contributed by atoms with E-state index in [0.29, 0.717) is 42.0 Å². The molecule has 2 aromatic rings. The van der Waals surface area contributed by atoms with E-state index >= 15 is 0 Å². The van der Waals surface area contributed by atoms with Crippen LogP contribution in [0.5, 0.6) is 0 Å². The van der Waals surface area contributed by atoms with Gasteiger partial charge in [0, 0.05) is 37.4 Å². The molecule has 1 amide bonds. The van der Waals surface area contributed by atoms with Crippen LogP contribution in [-0.4, -0.2) is 34.5 Å². The van der Waals surface area contributed by atoms with E-state index in [1.807, 2.05) is 15.5 Å². The number of hydrogen-bond donors (Lipinski definition) is 1. The van der Waals surface area contributed by atoms with E-state index in [2.05, 4.69) is 0 Å². The maximum Gasteiger partial charge on any atom is 0.255 e. The minimum Gasteiger partial charge on any atom is -0.342 e. The Hall–Kier alpha value is -2.47. The summed E-state index contributed by atoms with van der Waals surface area (Å²) in [5, 5.41) is 0. The first kappa shape index (κ1) is 17.0. The Labute approximate surface area is 150 Å². The molecule has 1 aromatic carbocycles. The third-order valence-electron chi connectivity index (χ3n) is 5.15. The van der Waals surface area contributed by atoms with Crippen LogP contribution < -0.4 is 5.73 Å². The van der Waals surface area contributed by atoms with Crippen LogP contribution in [-0.2, 0) is 13.0 Å². The predicted molar refractivity (Wildman–Crippen MR) is 95.8 cm³/mol. The molecule has 1 saturated carbocycles. The number of aromatic nitrogens is 1. The Morgan fingerprint density at radius 1 is 1.35 bits per heavy atom. The van der Waals surface area contributed by atoms with Crippen molar-refractivity contribution >= 4 is 5.91 Å². The van der Waals surface area contributed by atoms with Crippen molar-refractivity contribution in [2.45, 2.75) is 31.8 Å². The zero-order valence-electron chi connectivity index (χ0n) is 14.4. The third-order valence-corrected chi connectivity index (χ3v) is 5.15. The largest absolute Gasteiger partial charge is 0.342 e. The molecular weight excluding hydrogens is 336 g/mol. The van der Waals surface area contributed by atoms with E-state index in [0.717, 1.165) is 24.1 Å². The van der Waals surface area contributed by atoms with Gasteiger partial charge in [-0.15, -0.1) is 0 Å². The molecule has 0 atom stereocenters. The number of benzene rings is 1. The topological polar surface area (TPSA) is 51.3 Å². The third kappa shape index (κ3) is 2.94. The van der Waals surface area contributed by atoms with Crippen molar-refractivity contribution < 1.29 is 13.6 Å². The first-order valence-corrected chi connectivity index (χ1v) is 8.89. The molecule has 0 saturated heterocycles. The molecule has 26 heavy (non-hydrogen) atoms. The van der Waals surface area contributed by atoms with Crippen LogP contribution in [0.1, 0.15) is 28.8 Å². The van der Waals surface area contributed by atoms with Gasteiger partial charge >= 0.3 is 0 Å². The van der Waals surface area contributed by atoms with Crippen LogP contribution in [0.3, 0.4) is 0 Å². The molecule has 6 heteroatoms. The monoisotopic (exact) mass is 357 g/mol. The number of halogens is 2. The molecule has 2 N–H and O–H groups in total. The number of carbonyl (C=O) groups excluding carboxylic acids is 1. The van der Waals surface area contributed by atoms with Crippen LogP contribution in [0.2, 0.25) is 0 Å². The molecule has 2 heterocycles. The molecule has 0 spiro atoms. The van der Waals surface area contributed by atoms with Gasteiger partial charge < -0.3 is 15.2 Å². The molecule has 1 aliphatic heterocycles. The van der Waals surface area contributed by atoms with Crippen LogP contribution >= 0.6 is 0 Å². The number of fused-ring (bicyclic) bond motifs is 1. The van der Waals surface area contributed by atoms with Crippen molar-refractivity contribution in [2.75, 3.05) is 13.1 Å². The van der Waals surface area contributed by atoms with E-state index in [1.165, 1.54) is 12.1 Å². The Balaban J connectivity index is 1.82. The first-order chi connectivity index (χ1) is 12.6. The van der Waals surface area contributed by atoms with Crippen molar-refractivity contribution in [3.8, 4) is 11.3 Å². The number of nitrogens with two attached hydrogens (primary N) is 1. The standard InChI is InChI=1S/C20H21F2N3O/c21-9-13(10-23)11-24-12-18-17(6-7-25(20(18)26)16-4-5-16)19(24)14-2-1-3-15(22)8-14/h1-3,8-9,12,16H,4-7,10-11,23H2. The van der Waals surface area contributed by atoms with Gasteiger partial charge in [-0.25, -0.2) is 8.78 Å². The van der Waals surface area contributed by atoms with Gasteiger partial charge in [-0.3, -0.25) is 4.79 Å². The fourth-order valence-corrected chi connectivity index (χ4v) is 3.72. The Kier molecular flexibility index (Phi) is 4.36. The van der Waals surface area contributed by atoms with Crippen molar-refractivity contribution in [1.82, 2.24) is 9.47 Å². The van der Waals surface area contributed by atoms with Gasteiger partial charge in [0.1, 0.15) is 5.82 Å². The van der Waals surface area contributed by atoms with Crippen LogP contribution in [0.4, 0.5) is 8.78 Å². The molecule has 136 valence electrons. The average Bonchev–Trinajstić information content (AvgIpc) is 3.40. The van der Waals surface area contributed by atoms with Gasteiger partial charge in [-0.1, -0.05) is 12.1 Å². The normalized spacial score (nSPS) is 17.6. The summed E-state index contributed by atoms with van der Waals surface area (Å²) in [7, 11) is 0. The van der Waals surface area contributed by atoms with Gasteiger partial charge in [0.05, 0.1) is 17.6 Å². The van der Waals surface area contributed by atoms with Crippen LogP contribution in [0.15, 0.2) is 42.4 Å². The lowest BCUT2D eigenvalue weighted by Crippen LogP contribution is -2.38. The Morgan fingerprint density at radius 3 is 2.81 bits per heavy atom. The quantitative estimate of drug-likeness (QED) is 0.893. The summed E-state index contributed by atoms with van der Waals surface area (Å²) < 4.78 is 28.7. The molecule has 0 bridgehead atoms. The lowest BCUT2D eigenvalue weighted by Gasteiger charge is -2.27. The molecule has 1 aromatic heterocycles. The summed E-state index contributed by atoms with van der Waals surface area (Å²) in [4.78, 5) is 14.8. The summed E-state index contributed by atoms with van der Waals surface area (Å²) in [6, 6.07) is 6.64. The van der Waals surface area contributed by atoms with Crippen molar-refractivity contribution in [3.63, 3.8) is 0 Å². The zero-order valence-corrected chi connectivity index (χ0v) is 14.4. The van der Waals surface area contributed by atoms with E-state index < -0.39 is 0 Å². The Morgan fingerprint density at radius 2 is 2.15 bits per heavy atom. The maximum absolute atomic E-state index is 13.8. The SMILES string of the molecule is NCC(=CF)Cn1cc2c(c1-c1cccc(F)c1)CCN(C1CC1)C2=O. The highest BCUT2D eigenvalue weighted by Crippen LogP contribution is 2.37. The number of nitrogens with zero attached hydrogens (tertiary/aromatic N) is 2. The predicted octanol–water partition coefficient (Wildman–Crippen LogP) is 3.27. The molecule has 1 fully saturated rings. The molecule has 0 unspecified atom stereocenters. The zero-order chi connectivity index (χ0) is 18.3. The summed E-state index contributed by atoms with van der Waals surface area (Å²) in [6.45, 7) is 0.998. The first-order valence-electron chi connectivity index (χ1n) is 8.89. The molecule has 2 aliphatic rings. The number of amides is 1. The summed E-state index contributed by atoms with van der Waals surface area (Å²) in [5.74, 6) is -0.325. The van der Waals surface area contributed by atoms with Gasteiger partial charge in [0.15, 0.2) is 0 Å². The van der Waals surface area contributed by atoms with E-state index in [1.54, 1.807) is 12.3 Å². The minimum atomic E-state index is -0.342. The second kappa shape index (κ2) is 6.68. The fourth-order valence-electron chi connectivity index (χ4n) is 3.72. The van der Waals surface area contributed by atoms with Gasteiger partial charge in [-0.2, -0.15) is 0 Å². The van der Waals surface area contributed by atoms with E-state index in [9.17, 15) is 13.6 Å². The smallest absolute Gasteiger partial charge is 0.255 e. The highest BCUT2D eigenvalue weighted by Gasteiger charge is 2.38. The Bertz CT molecular complexity index is 883. The highest BCUT2D eigenvalue weighted by atomic mass is 19.1. The minimum absolute atomic E-state index is 0.0173. The molecule has 4 nitrogen and oxygen atoms in total. The average molecular weight is 357 g/mol. The fraction of sp³-hybridized carbons (Fsp3) is 0.350. The second-order valence-electron chi connectivity index (χ2n) is 6.96. The van der Waals surface area contributed by atoms with Gasteiger partial charge in [0.2, 0.25) is 0 Å². The highest BCUT2D eigenvalue weighted by molar-refractivity contribution is 5.99. The van der Waals surface area contributed by atoms with Crippen LogP contribution in [0, 0.1) is 5.82 Å². The molecule has 0 radical (unpaired) electrons. The van der Waals surface area contributed by atoms with E-state index in [4.69, 9.17) is 5.73 Å². The van der Waals surface area contributed by atoms with Crippen molar-refractivity contribution in [2.24, 2.45) is 5.73 Å². The summed E-state index contributed by atoms with van der Waals surface area (Å²) in [6.07, 6.45) is 5.10. The maximum atomic E-state index is 13.8. The lowest BCUT2D eigenvalue weighted by atomic mass is 9.98. The van der Waals surface area contributed by atoms with Crippen molar-refractivity contribution in [1.29, 1.82) is 0 Å². The summed E-state index contributed by atoms with van der Waals surface area (Å²) in [5.41, 5.74) is 9.03. The number of rotatable bonds is 5. The second-order valence-corrected chi connectivity index (χ2v) is 6.96. The van der Waals surface area contributed by atoms with Gasteiger partial charge in [-0.05, 0) is 42.5 Å². The summed E-state index contributed by atoms with van der Waals surface area (Å²) >= 11 is 0. The van der Waals surface area contributed by atoms with Gasteiger partial charge in [0.25, 0.3) is 5.91 Å². The molecule has 1 aliphatic carbocycles. The van der Waals surface area contributed by atoms with Crippen LogP contribution in [0.25, 0.3) is 11.3 Å². The molecule has 4 rings (SSSR count). The number of hydrogen-bond acceptors (Lipinski definition) is 2. The van der Waals surface area contributed by atoms with E-state index in [-0.39, 0.29) is 24.8 Å². The van der Waals surface area contributed by atoms with Crippen molar-refractivity contribution in [3.05, 3.63) is 59.3 Å². The number of carbonyl (C=O) groups is 1. The lowest BCUT2D eigenvalue weighted by molar-refractivity contribution is 0.0728.